The lowest BCUT2D eigenvalue weighted by Crippen LogP contribution is -2.28. The molecule has 0 N–H and O–H groups in total. The van der Waals surface area contributed by atoms with Crippen molar-refractivity contribution in [1.82, 2.24) is 5.01 Å². The third kappa shape index (κ3) is 3.98. The molecule has 0 spiro atoms. The molecular weight excluding hydrogens is 356 g/mol. The van der Waals surface area contributed by atoms with E-state index >= 15 is 0 Å². The van der Waals surface area contributed by atoms with Gasteiger partial charge in [-0.25, -0.2) is 5.01 Å². The molecule has 0 radical (unpaired) electrons. The highest BCUT2D eigenvalue weighted by Crippen LogP contribution is 2.20. The summed E-state index contributed by atoms with van der Waals surface area (Å²) in [5, 5.41) is 8.11. The van der Waals surface area contributed by atoms with E-state index in [-0.39, 0.29) is 11.7 Å². The largest absolute Gasteiger partial charge is 0.272 e. The Labute approximate surface area is 161 Å². The summed E-state index contributed by atoms with van der Waals surface area (Å²) in [5.74, 6) is 0.185. The molecule has 136 valence electrons. The summed E-state index contributed by atoms with van der Waals surface area (Å²) in [7, 11) is -1.27. The number of benzene rings is 3. The van der Waals surface area contributed by atoms with E-state index in [0.717, 1.165) is 34.0 Å². The number of fused-ring (bicyclic) bond motifs is 1. The molecule has 3 aromatic rings. The number of hydrogen-bond acceptors (Lipinski definition) is 3. The number of carbonyl (C=O) groups is 1. The van der Waals surface area contributed by atoms with Crippen LogP contribution in [0.2, 0.25) is 0 Å². The van der Waals surface area contributed by atoms with Gasteiger partial charge in [-0.2, -0.15) is 5.10 Å². The Kier molecular flexibility index (Phi) is 5.12. The molecule has 5 heteroatoms. The van der Waals surface area contributed by atoms with Crippen LogP contribution in [0.25, 0.3) is 10.8 Å². The van der Waals surface area contributed by atoms with Crippen molar-refractivity contribution in [2.75, 3.05) is 12.3 Å². The SMILES string of the molecule is O=C(C[S@](=O)Cc1cccc2ccccc12)N1CCC(c2ccccc2)=N1. The first-order valence-corrected chi connectivity index (χ1v) is 10.4. The first kappa shape index (κ1) is 17.6. The molecule has 0 saturated carbocycles. The highest BCUT2D eigenvalue weighted by molar-refractivity contribution is 7.84. The Hall–Kier alpha value is -2.79. The van der Waals surface area contributed by atoms with E-state index < -0.39 is 10.8 Å². The van der Waals surface area contributed by atoms with Gasteiger partial charge in [0.05, 0.1) is 12.3 Å². The molecule has 1 heterocycles. The van der Waals surface area contributed by atoms with Gasteiger partial charge in [0.15, 0.2) is 0 Å². The quantitative estimate of drug-likeness (QED) is 0.681. The summed E-state index contributed by atoms with van der Waals surface area (Å²) >= 11 is 0. The van der Waals surface area contributed by atoms with Gasteiger partial charge in [0.1, 0.15) is 5.75 Å². The summed E-state index contributed by atoms with van der Waals surface area (Å²) in [6.45, 7) is 0.550. The lowest BCUT2D eigenvalue weighted by Gasteiger charge is -2.11. The van der Waals surface area contributed by atoms with Crippen molar-refractivity contribution in [2.24, 2.45) is 5.10 Å². The average Bonchev–Trinajstić information content (AvgIpc) is 3.19. The zero-order chi connectivity index (χ0) is 18.6. The molecule has 1 atom stereocenters. The Bertz CT molecular complexity index is 1030. The number of amides is 1. The van der Waals surface area contributed by atoms with Crippen LogP contribution in [-0.4, -0.2) is 33.1 Å². The van der Waals surface area contributed by atoms with Crippen molar-refractivity contribution in [3.8, 4) is 0 Å². The predicted octanol–water partition coefficient (Wildman–Crippen LogP) is 3.73. The molecule has 1 amide bonds. The molecule has 0 aliphatic carbocycles. The molecule has 1 aliphatic heterocycles. The molecule has 0 fully saturated rings. The van der Waals surface area contributed by atoms with Crippen LogP contribution in [0, 0.1) is 0 Å². The molecule has 0 bridgehead atoms. The predicted molar refractivity (Wildman–Crippen MR) is 110 cm³/mol. The smallest absolute Gasteiger partial charge is 0.255 e. The third-order valence-electron chi connectivity index (χ3n) is 4.68. The molecular formula is C22H20N2O2S. The van der Waals surface area contributed by atoms with Gasteiger partial charge in [-0.3, -0.25) is 9.00 Å². The monoisotopic (exact) mass is 376 g/mol. The van der Waals surface area contributed by atoms with Crippen LogP contribution < -0.4 is 0 Å². The summed E-state index contributed by atoms with van der Waals surface area (Å²) in [5.41, 5.74) is 2.95. The summed E-state index contributed by atoms with van der Waals surface area (Å²) in [4.78, 5) is 12.5. The Morgan fingerprint density at radius 3 is 2.56 bits per heavy atom. The van der Waals surface area contributed by atoms with Crippen LogP contribution in [0.5, 0.6) is 0 Å². The van der Waals surface area contributed by atoms with Gasteiger partial charge in [0.25, 0.3) is 5.91 Å². The van der Waals surface area contributed by atoms with Gasteiger partial charge in [0, 0.05) is 23.0 Å². The van der Waals surface area contributed by atoms with Crippen LogP contribution in [-0.2, 0) is 21.3 Å². The normalized spacial score (nSPS) is 15.0. The zero-order valence-corrected chi connectivity index (χ0v) is 15.7. The number of rotatable bonds is 5. The van der Waals surface area contributed by atoms with Crippen molar-refractivity contribution < 1.29 is 9.00 Å². The van der Waals surface area contributed by atoms with Crippen molar-refractivity contribution in [1.29, 1.82) is 0 Å². The van der Waals surface area contributed by atoms with Crippen molar-refractivity contribution >= 4 is 33.2 Å². The Morgan fingerprint density at radius 1 is 0.963 bits per heavy atom. The van der Waals surface area contributed by atoms with E-state index in [2.05, 4.69) is 5.10 Å². The third-order valence-corrected chi connectivity index (χ3v) is 5.88. The van der Waals surface area contributed by atoms with E-state index in [0.29, 0.717) is 12.3 Å². The Balaban J connectivity index is 1.42. The van der Waals surface area contributed by atoms with E-state index in [1.54, 1.807) is 0 Å². The molecule has 4 rings (SSSR count). The van der Waals surface area contributed by atoms with E-state index in [9.17, 15) is 9.00 Å². The van der Waals surface area contributed by atoms with Gasteiger partial charge in [-0.05, 0) is 21.9 Å². The number of carbonyl (C=O) groups excluding carboxylic acids is 1. The van der Waals surface area contributed by atoms with Crippen molar-refractivity contribution in [3.63, 3.8) is 0 Å². The minimum atomic E-state index is -1.27. The van der Waals surface area contributed by atoms with Gasteiger partial charge >= 0.3 is 0 Å². The molecule has 4 nitrogen and oxygen atoms in total. The highest BCUT2D eigenvalue weighted by atomic mass is 32.2. The summed E-state index contributed by atoms with van der Waals surface area (Å²) in [6.07, 6.45) is 0.728. The number of hydrazone groups is 1. The van der Waals surface area contributed by atoms with E-state index in [1.165, 1.54) is 5.01 Å². The minimum Gasteiger partial charge on any atom is -0.272 e. The number of hydrogen-bond donors (Lipinski definition) is 0. The van der Waals surface area contributed by atoms with Crippen molar-refractivity contribution in [3.05, 3.63) is 83.9 Å². The fourth-order valence-corrected chi connectivity index (χ4v) is 4.45. The van der Waals surface area contributed by atoms with Crippen LogP contribution >= 0.6 is 0 Å². The molecule has 0 aromatic heterocycles. The van der Waals surface area contributed by atoms with Gasteiger partial charge in [0.2, 0.25) is 0 Å². The maximum Gasteiger partial charge on any atom is 0.255 e. The minimum absolute atomic E-state index is 0.00517. The fourth-order valence-electron chi connectivity index (χ4n) is 3.33. The van der Waals surface area contributed by atoms with E-state index in [4.69, 9.17) is 0 Å². The lowest BCUT2D eigenvalue weighted by atomic mass is 10.1. The van der Waals surface area contributed by atoms with Gasteiger partial charge in [-0.15, -0.1) is 0 Å². The summed E-state index contributed by atoms with van der Waals surface area (Å²) < 4.78 is 12.6. The van der Waals surface area contributed by atoms with Crippen LogP contribution in [0.4, 0.5) is 0 Å². The molecule has 0 unspecified atom stereocenters. The first-order valence-electron chi connectivity index (χ1n) is 8.95. The average molecular weight is 376 g/mol. The maximum absolute atomic E-state index is 12.6. The van der Waals surface area contributed by atoms with Crippen LogP contribution in [0.1, 0.15) is 17.5 Å². The second-order valence-corrected chi connectivity index (χ2v) is 8.00. The second kappa shape index (κ2) is 7.84. The number of nitrogens with zero attached hydrogens (tertiary/aromatic N) is 2. The molecule has 27 heavy (non-hydrogen) atoms. The zero-order valence-electron chi connectivity index (χ0n) is 14.9. The summed E-state index contributed by atoms with van der Waals surface area (Å²) in [6, 6.07) is 23.9. The molecule has 3 aromatic carbocycles. The lowest BCUT2D eigenvalue weighted by molar-refractivity contribution is -0.127. The topological polar surface area (TPSA) is 49.7 Å². The standard InChI is InChI=1S/C22H20N2O2S/c25-22(24-14-13-21(23-24)18-8-2-1-3-9-18)16-27(26)15-19-11-6-10-17-7-4-5-12-20(17)19/h1-12H,13-16H2/t27-/m1/s1. The maximum atomic E-state index is 12.6. The van der Waals surface area contributed by atoms with Crippen LogP contribution in [0.15, 0.2) is 77.9 Å². The highest BCUT2D eigenvalue weighted by Gasteiger charge is 2.23. The first-order chi connectivity index (χ1) is 13.2. The van der Waals surface area contributed by atoms with Crippen LogP contribution in [0.3, 0.4) is 0 Å². The fraction of sp³-hybridized carbons (Fsp3) is 0.182. The van der Waals surface area contributed by atoms with Gasteiger partial charge < -0.3 is 0 Å². The second-order valence-electron chi connectivity index (χ2n) is 6.55. The molecule has 1 aliphatic rings. The Morgan fingerprint density at radius 2 is 1.70 bits per heavy atom. The van der Waals surface area contributed by atoms with E-state index in [1.807, 2.05) is 72.8 Å². The molecule has 0 saturated heterocycles. The van der Waals surface area contributed by atoms with Crippen molar-refractivity contribution in [2.45, 2.75) is 12.2 Å². The van der Waals surface area contributed by atoms with Gasteiger partial charge in [-0.1, -0.05) is 72.8 Å².